The van der Waals surface area contributed by atoms with Gasteiger partial charge in [-0.05, 0) is 49.2 Å². The summed E-state index contributed by atoms with van der Waals surface area (Å²) in [4.78, 5) is 29.9. The molecular formula is C21H19Br2LiN2O6S2. The number of benzene rings is 2. The Kier molecular flexibility index (Phi) is 13.4. The number of carbonyl (C=O) groups excluding carboxylic acids is 1. The fraction of sp³-hybridized carbons (Fsp3) is 0.238. The fourth-order valence-corrected chi connectivity index (χ4v) is 5.37. The molecule has 3 heterocycles. The third-order valence-corrected chi connectivity index (χ3v) is 7.06. The van der Waals surface area contributed by atoms with E-state index < -0.39 is 5.97 Å². The van der Waals surface area contributed by atoms with E-state index in [2.05, 4.69) is 46.6 Å². The number of carbonyl (C=O) groups is 2. The van der Waals surface area contributed by atoms with Crippen LogP contribution < -0.4 is 18.9 Å². The number of fused-ring (bicyclic) bond motifs is 2. The largest absolute Gasteiger partial charge is 1.00 e. The number of halogens is 2. The standard InChI is InChI=1S/C9H6BrNO2S.C8H4BrNO2S.C4H8O.Li.H2O/c1-13-9(12)8-11-6-3-2-5(10)4-7(6)14-8;9-4-1-2-5-6(3-4)13-7(10-5)8(11)12;1-2-4-5-3-1;;/h2-4H,1H3;1-3H,(H,11,12);1-4H2;;1H2/q;;;+1;/p-1. The first-order chi connectivity index (χ1) is 15.4. The minimum Gasteiger partial charge on any atom is -0.870 e. The predicted octanol–water partition coefficient (Wildman–Crippen LogP) is 3.23. The van der Waals surface area contributed by atoms with E-state index in [1.807, 2.05) is 30.3 Å². The molecule has 1 aliphatic heterocycles. The molecule has 8 nitrogen and oxygen atoms in total. The van der Waals surface area contributed by atoms with Crippen molar-refractivity contribution >= 4 is 86.9 Å². The maximum atomic E-state index is 11.2. The van der Waals surface area contributed by atoms with Crippen molar-refractivity contribution in [1.82, 2.24) is 9.97 Å². The van der Waals surface area contributed by atoms with Gasteiger partial charge in [0.25, 0.3) is 0 Å². The van der Waals surface area contributed by atoms with Crippen molar-refractivity contribution in [3.63, 3.8) is 0 Å². The Balaban J connectivity index is 0.000000270. The number of carboxylic acids is 1. The molecule has 0 saturated carbocycles. The fourth-order valence-electron chi connectivity index (χ4n) is 2.57. The summed E-state index contributed by atoms with van der Waals surface area (Å²) >= 11 is 9.18. The summed E-state index contributed by atoms with van der Waals surface area (Å²) in [5, 5.41) is 9.21. The summed E-state index contributed by atoms with van der Waals surface area (Å²) in [6, 6.07) is 11.2. The topological polar surface area (TPSA) is 129 Å². The molecule has 0 spiro atoms. The van der Waals surface area contributed by atoms with Gasteiger partial charge in [0.05, 0.1) is 27.5 Å². The monoisotopic (exact) mass is 624 g/mol. The third kappa shape index (κ3) is 8.69. The number of ether oxygens (including phenoxy) is 2. The zero-order chi connectivity index (χ0) is 23.1. The van der Waals surface area contributed by atoms with Crippen LogP contribution in [-0.4, -0.2) is 52.8 Å². The van der Waals surface area contributed by atoms with E-state index in [1.54, 1.807) is 6.07 Å². The van der Waals surface area contributed by atoms with Crippen LogP contribution >= 0.6 is 54.5 Å². The number of rotatable bonds is 2. The maximum absolute atomic E-state index is 11.2. The van der Waals surface area contributed by atoms with Crippen molar-refractivity contribution in [2.45, 2.75) is 12.8 Å². The van der Waals surface area contributed by atoms with Crippen LogP contribution in [0.3, 0.4) is 0 Å². The van der Waals surface area contributed by atoms with Crippen LogP contribution in [0.25, 0.3) is 20.4 Å². The van der Waals surface area contributed by atoms with Crippen LogP contribution in [0.2, 0.25) is 0 Å². The molecule has 5 rings (SSSR count). The van der Waals surface area contributed by atoms with E-state index in [9.17, 15) is 9.59 Å². The van der Waals surface area contributed by atoms with E-state index in [0.29, 0.717) is 5.01 Å². The molecule has 0 radical (unpaired) electrons. The molecule has 0 amide bonds. The Morgan fingerprint density at radius 3 is 1.82 bits per heavy atom. The van der Waals surface area contributed by atoms with Crippen molar-refractivity contribution in [2.75, 3.05) is 20.3 Å². The Morgan fingerprint density at radius 2 is 1.41 bits per heavy atom. The SMILES string of the molecule is C1CCOC1.COC(=O)c1nc2ccc(Br)cc2s1.O=C(O)c1nc2ccc(Br)cc2s1.[Li+].[OH-]. The van der Waals surface area contributed by atoms with Crippen molar-refractivity contribution < 1.29 is 48.5 Å². The number of aromatic carboxylic acids is 1. The number of nitrogens with zero attached hydrogens (tertiary/aromatic N) is 2. The van der Waals surface area contributed by atoms with Gasteiger partial charge in [0, 0.05) is 22.2 Å². The minimum absolute atomic E-state index is 0. The Hall–Kier alpha value is -1.36. The normalized spacial score (nSPS) is 11.9. The van der Waals surface area contributed by atoms with Gasteiger partial charge in [0.1, 0.15) is 0 Å². The van der Waals surface area contributed by atoms with Gasteiger partial charge in [-0.25, -0.2) is 19.6 Å². The van der Waals surface area contributed by atoms with Crippen LogP contribution in [0.15, 0.2) is 45.3 Å². The van der Waals surface area contributed by atoms with Gasteiger partial charge in [0.15, 0.2) is 0 Å². The maximum Gasteiger partial charge on any atom is 1.00 e. The summed E-state index contributed by atoms with van der Waals surface area (Å²) in [7, 11) is 1.35. The molecular weight excluding hydrogens is 607 g/mol. The minimum atomic E-state index is -0.975. The van der Waals surface area contributed by atoms with Gasteiger partial charge in [-0.15, -0.1) is 22.7 Å². The molecule has 0 bridgehead atoms. The molecule has 2 aromatic carbocycles. The van der Waals surface area contributed by atoms with Gasteiger partial charge in [0.2, 0.25) is 10.0 Å². The molecule has 2 aromatic heterocycles. The Bertz CT molecular complexity index is 1240. The Labute approximate surface area is 232 Å². The second-order valence-corrected chi connectivity index (χ2v) is 10.3. The van der Waals surface area contributed by atoms with Crippen LogP contribution in [0.5, 0.6) is 0 Å². The number of methoxy groups -OCH3 is 1. The zero-order valence-corrected chi connectivity index (χ0v) is 23.1. The van der Waals surface area contributed by atoms with Crippen LogP contribution in [0, 0.1) is 0 Å². The average molecular weight is 626 g/mol. The van der Waals surface area contributed by atoms with Crippen LogP contribution in [-0.2, 0) is 9.47 Å². The summed E-state index contributed by atoms with van der Waals surface area (Å²) in [6.07, 6.45) is 2.56. The third-order valence-electron chi connectivity index (χ3n) is 4.07. The predicted molar refractivity (Wildman–Crippen MR) is 135 cm³/mol. The van der Waals surface area contributed by atoms with Crippen molar-refractivity contribution in [3.05, 3.63) is 55.4 Å². The van der Waals surface area contributed by atoms with Crippen LogP contribution in [0.4, 0.5) is 0 Å². The zero-order valence-electron chi connectivity index (χ0n) is 18.3. The van der Waals surface area contributed by atoms with Gasteiger partial charge >= 0.3 is 30.8 Å². The van der Waals surface area contributed by atoms with Gasteiger partial charge in [-0.1, -0.05) is 31.9 Å². The molecule has 0 unspecified atom stereocenters. The average Bonchev–Trinajstić information content (AvgIpc) is 3.53. The van der Waals surface area contributed by atoms with E-state index in [0.717, 1.165) is 42.6 Å². The molecule has 1 fully saturated rings. The van der Waals surface area contributed by atoms with Crippen LogP contribution in [0.1, 0.15) is 32.4 Å². The number of hydrogen-bond donors (Lipinski definition) is 1. The van der Waals surface area contributed by atoms with E-state index in [-0.39, 0.29) is 35.3 Å². The Morgan fingerprint density at radius 1 is 0.941 bits per heavy atom. The van der Waals surface area contributed by atoms with Crippen molar-refractivity contribution in [1.29, 1.82) is 0 Å². The van der Waals surface area contributed by atoms with E-state index in [1.165, 1.54) is 42.6 Å². The molecule has 1 saturated heterocycles. The summed E-state index contributed by atoms with van der Waals surface area (Å²) in [6.45, 7) is 2.00. The second-order valence-electron chi connectivity index (χ2n) is 6.38. The molecule has 0 aliphatic carbocycles. The van der Waals surface area contributed by atoms with E-state index in [4.69, 9.17) is 9.84 Å². The van der Waals surface area contributed by atoms with Gasteiger partial charge < -0.3 is 20.1 Å². The summed E-state index contributed by atoms with van der Waals surface area (Å²) < 4.78 is 13.3. The van der Waals surface area contributed by atoms with Crippen molar-refractivity contribution in [3.8, 4) is 0 Å². The molecule has 13 heteroatoms. The molecule has 2 N–H and O–H groups in total. The first-order valence-corrected chi connectivity index (χ1v) is 12.6. The summed E-state index contributed by atoms with van der Waals surface area (Å²) in [5.74, 6) is -1.36. The first-order valence-electron chi connectivity index (χ1n) is 9.39. The molecule has 176 valence electrons. The molecule has 0 atom stereocenters. The quantitative estimate of drug-likeness (QED) is 0.266. The van der Waals surface area contributed by atoms with Gasteiger partial charge in [-0.3, -0.25) is 0 Å². The number of aromatic nitrogens is 2. The number of thiazole rings is 2. The smallest absolute Gasteiger partial charge is 0.870 e. The second kappa shape index (κ2) is 14.9. The number of hydrogen-bond acceptors (Lipinski definition) is 9. The number of esters is 1. The molecule has 1 aliphatic rings. The van der Waals surface area contributed by atoms with Crippen molar-refractivity contribution in [2.24, 2.45) is 0 Å². The number of carboxylic acid groups (broad SMARTS) is 1. The first kappa shape index (κ1) is 30.7. The van der Waals surface area contributed by atoms with Gasteiger partial charge in [-0.2, -0.15) is 0 Å². The van der Waals surface area contributed by atoms with E-state index >= 15 is 0 Å². The molecule has 34 heavy (non-hydrogen) atoms. The summed E-state index contributed by atoms with van der Waals surface area (Å²) in [5.41, 5.74) is 1.55. The molecule has 4 aromatic rings.